The minimum atomic E-state index is -4.01. The number of carbonyl (C=O) groups is 1. The van der Waals surface area contributed by atoms with E-state index < -0.39 is 16.1 Å². The number of nitrogens with zero attached hydrogens (tertiary/aromatic N) is 1. The van der Waals surface area contributed by atoms with E-state index in [1.54, 1.807) is 37.4 Å². The number of sulfonamides is 1. The summed E-state index contributed by atoms with van der Waals surface area (Å²) in [6, 6.07) is 22.0. The Morgan fingerprint density at radius 2 is 1.67 bits per heavy atom. The van der Waals surface area contributed by atoms with Gasteiger partial charge in [-0.3, -0.25) is 9.36 Å². The number of rotatable bonds is 6. The maximum atomic E-state index is 13.6. The van der Waals surface area contributed by atoms with Gasteiger partial charge in [-0.2, -0.15) is 0 Å². The summed E-state index contributed by atoms with van der Waals surface area (Å²) in [6.45, 7) is 1.77. The normalized spacial score (nSPS) is 11.4. The fourth-order valence-corrected chi connectivity index (χ4v) is 6.65. The summed E-state index contributed by atoms with van der Waals surface area (Å²) in [7, 11) is -2.19. The third-order valence-electron chi connectivity index (χ3n) is 6.06. The standard InChI is InChI=1S/C28H23ClN4O4S2/c1-17-8-13-26(38-17)39(36,37)32-28(35)31-20-10-12-25(24(29)15-20)33-16-23(18-6-4-3-5-7-18)22-14-19(30-2)9-11-21(22)27(33)34/h3-16,30H,1-2H3,(H2,31,32,35). The molecule has 0 saturated heterocycles. The number of hydrogen-bond acceptors (Lipinski definition) is 6. The zero-order valence-electron chi connectivity index (χ0n) is 20.9. The van der Waals surface area contributed by atoms with Crippen molar-refractivity contribution in [3.05, 3.63) is 105 Å². The summed E-state index contributed by atoms with van der Waals surface area (Å²) < 4.78 is 28.4. The van der Waals surface area contributed by atoms with E-state index in [2.05, 4.69) is 10.6 Å². The van der Waals surface area contributed by atoms with Crippen LogP contribution in [0.3, 0.4) is 0 Å². The van der Waals surface area contributed by atoms with Crippen LogP contribution in [-0.4, -0.2) is 26.1 Å². The van der Waals surface area contributed by atoms with Gasteiger partial charge in [0.2, 0.25) is 0 Å². The highest BCUT2D eigenvalue weighted by Gasteiger charge is 2.20. The number of halogens is 1. The SMILES string of the molecule is CNc1ccc2c(=O)n(-c3ccc(NC(=O)NS(=O)(=O)c4ccc(C)s4)cc3Cl)cc(-c3ccccc3)c2c1. The maximum absolute atomic E-state index is 13.6. The number of fused-ring (bicyclic) bond motifs is 1. The molecule has 5 aromatic rings. The summed E-state index contributed by atoms with van der Waals surface area (Å²) in [5.41, 5.74) is 3.05. The number of hydrogen-bond donors (Lipinski definition) is 3. The van der Waals surface area contributed by atoms with Gasteiger partial charge >= 0.3 is 6.03 Å². The molecule has 2 amide bonds. The van der Waals surface area contributed by atoms with Crippen molar-refractivity contribution in [1.29, 1.82) is 0 Å². The van der Waals surface area contributed by atoms with Gasteiger partial charge in [-0.15, -0.1) is 11.3 Å². The van der Waals surface area contributed by atoms with Gasteiger partial charge in [0.1, 0.15) is 4.21 Å². The fourth-order valence-electron chi connectivity index (χ4n) is 4.19. The maximum Gasteiger partial charge on any atom is 0.333 e. The predicted molar refractivity (Wildman–Crippen MR) is 158 cm³/mol. The van der Waals surface area contributed by atoms with E-state index >= 15 is 0 Å². The zero-order chi connectivity index (χ0) is 27.7. The number of benzene rings is 3. The quantitative estimate of drug-likeness (QED) is 0.221. The van der Waals surface area contributed by atoms with Crippen LogP contribution in [0.25, 0.3) is 27.6 Å². The van der Waals surface area contributed by atoms with Gasteiger partial charge in [0.05, 0.1) is 10.7 Å². The van der Waals surface area contributed by atoms with Crippen LogP contribution in [0.2, 0.25) is 5.02 Å². The van der Waals surface area contributed by atoms with Crippen LogP contribution in [0.1, 0.15) is 4.88 Å². The second kappa shape index (κ2) is 10.6. The Hall–Kier alpha value is -4.12. The van der Waals surface area contributed by atoms with Crippen LogP contribution in [0.4, 0.5) is 16.2 Å². The minimum Gasteiger partial charge on any atom is -0.388 e. The van der Waals surface area contributed by atoms with Gasteiger partial charge < -0.3 is 10.6 Å². The number of anilines is 2. The fraction of sp³-hybridized carbons (Fsp3) is 0.0714. The Balaban J connectivity index is 1.50. The van der Waals surface area contributed by atoms with E-state index in [0.29, 0.717) is 11.1 Å². The van der Waals surface area contributed by atoms with Crippen LogP contribution in [-0.2, 0) is 10.0 Å². The molecule has 0 bridgehead atoms. The van der Waals surface area contributed by atoms with E-state index in [4.69, 9.17) is 11.6 Å². The smallest absolute Gasteiger partial charge is 0.333 e. The molecule has 0 spiro atoms. The lowest BCUT2D eigenvalue weighted by molar-refractivity contribution is 0.256. The Morgan fingerprint density at radius 3 is 2.33 bits per heavy atom. The van der Waals surface area contributed by atoms with Crippen molar-refractivity contribution in [2.75, 3.05) is 17.7 Å². The number of pyridine rings is 1. The van der Waals surface area contributed by atoms with Gasteiger partial charge in [-0.05, 0) is 66.4 Å². The molecule has 0 aliphatic rings. The molecular formula is C28H23ClN4O4S2. The van der Waals surface area contributed by atoms with E-state index in [1.807, 2.05) is 54.2 Å². The lowest BCUT2D eigenvalue weighted by Crippen LogP contribution is -2.34. The molecular weight excluding hydrogens is 556 g/mol. The number of aryl methyl sites for hydroxylation is 1. The highest BCUT2D eigenvalue weighted by atomic mass is 35.5. The van der Waals surface area contributed by atoms with Crippen molar-refractivity contribution in [1.82, 2.24) is 9.29 Å². The third kappa shape index (κ3) is 5.40. The first-order chi connectivity index (χ1) is 18.7. The number of nitrogens with one attached hydrogen (secondary N) is 3. The topological polar surface area (TPSA) is 109 Å². The Labute approximate surface area is 233 Å². The second-order valence-electron chi connectivity index (χ2n) is 8.69. The first kappa shape index (κ1) is 26.5. The molecule has 0 aliphatic carbocycles. The van der Waals surface area contributed by atoms with E-state index in [0.717, 1.165) is 38.4 Å². The van der Waals surface area contributed by atoms with Crippen LogP contribution in [0.5, 0.6) is 0 Å². The molecule has 3 N–H and O–H groups in total. The molecule has 5 rings (SSSR count). The van der Waals surface area contributed by atoms with Gasteiger partial charge in [0.15, 0.2) is 0 Å². The molecule has 11 heteroatoms. The van der Waals surface area contributed by atoms with Crippen molar-refractivity contribution < 1.29 is 13.2 Å². The largest absolute Gasteiger partial charge is 0.388 e. The van der Waals surface area contributed by atoms with Gasteiger partial charge in [0, 0.05) is 40.4 Å². The van der Waals surface area contributed by atoms with Crippen molar-refractivity contribution in [2.24, 2.45) is 0 Å². The summed E-state index contributed by atoms with van der Waals surface area (Å²) >= 11 is 7.65. The third-order valence-corrected chi connectivity index (χ3v) is 9.19. The first-order valence-corrected chi connectivity index (χ1v) is 14.5. The molecule has 8 nitrogen and oxygen atoms in total. The molecule has 0 radical (unpaired) electrons. The zero-order valence-corrected chi connectivity index (χ0v) is 23.2. The number of carbonyl (C=O) groups excluding carboxylic acids is 1. The Bertz CT molecular complexity index is 1880. The summed E-state index contributed by atoms with van der Waals surface area (Å²) in [6.07, 6.45) is 1.75. The van der Waals surface area contributed by atoms with Crippen LogP contribution >= 0.6 is 22.9 Å². The van der Waals surface area contributed by atoms with E-state index in [9.17, 15) is 18.0 Å². The van der Waals surface area contributed by atoms with Crippen LogP contribution in [0, 0.1) is 6.92 Å². The molecule has 0 aliphatic heterocycles. The van der Waals surface area contributed by atoms with Gasteiger partial charge in [0.25, 0.3) is 15.6 Å². The lowest BCUT2D eigenvalue weighted by atomic mass is 10.00. The predicted octanol–water partition coefficient (Wildman–Crippen LogP) is 6.23. The van der Waals surface area contributed by atoms with Crippen molar-refractivity contribution >= 4 is 61.1 Å². The Morgan fingerprint density at radius 1 is 0.923 bits per heavy atom. The van der Waals surface area contributed by atoms with Gasteiger partial charge in [-0.1, -0.05) is 41.9 Å². The van der Waals surface area contributed by atoms with E-state index in [1.165, 1.54) is 16.7 Å². The van der Waals surface area contributed by atoms with Crippen molar-refractivity contribution in [3.63, 3.8) is 0 Å². The van der Waals surface area contributed by atoms with Gasteiger partial charge in [-0.25, -0.2) is 17.9 Å². The molecule has 0 atom stereocenters. The number of thiophene rings is 1. The molecule has 2 aromatic heterocycles. The molecule has 0 saturated carbocycles. The highest BCUT2D eigenvalue weighted by Crippen LogP contribution is 2.31. The number of urea groups is 1. The summed E-state index contributed by atoms with van der Waals surface area (Å²) in [4.78, 5) is 26.8. The molecule has 3 aromatic carbocycles. The molecule has 0 fully saturated rings. The monoisotopic (exact) mass is 578 g/mol. The second-order valence-corrected chi connectivity index (χ2v) is 12.3. The van der Waals surface area contributed by atoms with Crippen molar-refractivity contribution in [2.45, 2.75) is 11.1 Å². The molecule has 39 heavy (non-hydrogen) atoms. The summed E-state index contributed by atoms with van der Waals surface area (Å²) in [5.74, 6) is 0. The molecule has 0 unspecified atom stereocenters. The van der Waals surface area contributed by atoms with Crippen molar-refractivity contribution in [3.8, 4) is 16.8 Å². The Kier molecular flexibility index (Phi) is 7.17. The first-order valence-electron chi connectivity index (χ1n) is 11.8. The highest BCUT2D eigenvalue weighted by molar-refractivity contribution is 7.92. The average Bonchev–Trinajstić information content (AvgIpc) is 3.37. The van der Waals surface area contributed by atoms with E-state index in [-0.39, 0.29) is 20.5 Å². The number of amides is 2. The number of aromatic nitrogens is 1. The van der Waals surface area contributed by atoms with Crippen LogP contribution in [0.15, 0.2) is 94.1 Å². The average molecular weight is 579 g/mol. The van der Waals surface area contributed by atoms with Crippen LogP contribution < -0.4 is 20.9 Å². The minimum absolute atomic E-state index is 0.0373. The molecule has 198 valence electrons. The molecule has 2 heterocycles. The summed E-state index contributed by atoms with van der Waals surface area (Å²) in [5, 5.41) is 7.10. The lowest BCUT2D eigenvalue weighted by Gasteiger charge is -2.16.